The van der Waals surface area contributed by atoms with E-state index in [0.717, 1.165) is 70.5 Å². The third-order valence-electron chi connectivity index (χ3n) is 6.38. The number of nitrogens with zero attached hydrogens (tertiary/aromatic N) is 5. The molecule has 0 spiro atoms. The SMILES string of the molecule is Cc1ccc2ccc3ccc(C)nc3c2n1.Cc1ccc2ccc3ccc(C)nc3c2n1.O=S(=O)([N-]S(=O)(=O)C(F)(F)F)C(F)(F)F.[Cl-].[Cu+2]. The molecule has 4 aromatic heterocycles. The molecule has 19 heteroatoms. The average Bonchev–Trinajstić information content (AvgIpc) is 2.96. The van der Waals surface area contributed by atoms with Crippen molar-refractivity contribution in [3.63, 3.8) is 0 Å². The van der Waals surface area contributed by atoms with Crippen molar-refractivity contribution < 1.29 is 72.7 Å². The summed E-state index contributed by atoms with van der Waals surface area (Å²) in [7, 11) is -13.4. The summed E-state index contributed by atoms with van der Waals surface area (Å²) >= 11 is 0. The first-order valence-electron chi connectivity index (χ1n) is 13.3. The van der Waals surface area contributed by atoms with Gasteiger partial charge in [-0.1, -0.05) is 48.5 Å². The molecular formula is C30H24ClCuF6N5O4S2. The van der Waals surface area contributed by atoms with Gasteiger partial charge >= 0.3 is 28.1 Å². The summed E-state index contributed by atoms with van der Waals surface area (Å²) in [5.41, 5.74) is -4.28. The molecular weight excluding hydrogens is 771 g/mol. The van der Waals surface area contributed by atoms with Crippen LogP contribution < -0.4 is 12.4 Å². The number of aryl methyl sites for hydroxylation is 4. The summed E-state index contributed by atoms with van der Waals surface area (Å²) in [5.74, 6) is 0. The summed E-state index contributed by atoms with van der Waals surface area (Å²) in [6, 6.07) is 24.9. The molecule has 49 heavy (non-hydrogen) atoms. The number of hydrogen-bond acceptors (Lipinski definition) is 8. The van der Waals surface area contributed by atoms with Crippen molar-refractivity contribution in [2.24, 2.45) is 0 Å². The normalized spacial score (nSPS) is 12.0. The van der Waals surface area contributed by atoms with Crippen LogP contribution in [0, 0.1) is 27.7 Å². The van der Waals surface area contributed by atoms with Gasteiger partial charge in [0.1, 0.15) is 0 Å². The third kappa shape index (κ3) is 9.73. The molecule has 0 bridgehead atoms. The second-order valence-corrected chi connectivity index (χ2v) is 13.6. The molecule has 0 unspecified atom stereocenters. The Kier molecular flexibility index (Phi) is 13.1. The van der Waals surface area contributed by atoms with Crippen LogP contribution in [-0.2, 0) is 37.1 Å². The first kappa shape index (κ1) is 41.5. The van der Waals surface area contributed by atoms with Gasteiger partial charge in [-0.25, -0.2) is 16.8 Å². The predicted molar refractivity (Wildman–Crippen MR) is 166 cm³/mol. The van der Waals surface area contributed by atoms with E-state index in [2.05, 4.69) is 68.5 Å². The van der Waals surface area contributed by atoms with E-state index >= 15 is 0 Å². The number of fused-ring (bicyclic) bond motifs is 6. The number of rotatable bonds is 2. The van der Waals surface area contributed by atoms with E-state index in [1.54, 1.807) is 0 Å². The summed E-state index contributed by atoms with van der Waals surface area (Å²) in [6.07, 6.45) is 0. The molecule has 265 valence electrons. The Labute approximate surface area is 293 Å². The predicted octanol–water partition coefficient (Wildman–Crippen LogP) is 4.86. The van der Waals surface area contributed by atoms with Crippen molar-refractivity contribution in [3.8, 4) is 0 Å². The summed E-state index contributed by atoms with van der Waals surface area (Å²) < 4.78 is 109. The fourth-order valence-electron chi connectivity index (χ4n) is 4.14. The summed E-state index contributed by atoms with van der Waals surface area (Å²) in [5, 5.41) is 4.60. The van der Waals surface area contributed by atoms with Crippen molar-refractivity contribution in [1.29, 1.82) is 0 Å². The maximum Gasteiger partial charge on any atom is 2.00 e. The van der Waals surface area contributed by atoms with Crippen LogP contribution in [0.4, 0.5) is 26.3 Å². The quantitative estimate of drug-likeness (QED) is 0.138. The van der Waals surface area contributed by atoms with E-state index in [-0.39, 0.29) is 29.5 Å². The molecule has 9 nitrogen and oxygen atoms in total. The van der Waals surface area contributed by atoms with Gasteiger partial charge in [0.25, 0.3) is 0 Å². The zero-order valence-corrected chi connectivity index (χ0v) is 28.9. The van der Waals surface area contributed by atoms with Gasteiger partial charge in [-0.15, -0.1) is 0 Å². The van der Waals surface area contributed by atoms with Gasteiger partial charge in [0.2, 0.25) is 0 Å². The molecule has 0 aliphatic rings. The van der Waals surface area contributed by atoms with E-state index in [4.69, 9.17) is 0 Å². The molecule has 6 aromatic rings. The van der Waals surface area contributed by atoms with Gasteiger partial charge in [0, 0.05) is 44.3 Å². The van der Waals surface area contributed by atoms with Gasteiger partial charge in [-0.05, 0) is 52.0 Å². The number of hydrogen-bond donors (Lipinski definition) is 0. The molecule has 6 rings (SSSR count). The van der Waals surface area contributed by atoms with Crippen LogP contribution in [-0.4, -0.2) is 47.8 Å². The van der Waals surface area contributed by atoms with E-state index in [0.29, 0.717) is 0 Å². The second kappa shape index (κ2) is 15.5. The number of halogens is 7. The van der Waals surface area contributed by atoms with Gasteiger partial charge in [-0.2, -0.15) is 26.3 Å². The number of pyridine rings is 4. The molecule has 0 saturated heterocycles. The van der Waals surface area contributed by atoms with Crippen molar-refractivity contribution >= 4 is 63.7 Å². The first-order valence-corrected chi connectivity index (χ1v) is 16.2. The number of sulfonamides is 2. The van der Waals surface area contributed by atoms with Crippen molar-refractivity contribution in [3.05, 3.63) is 99.7 Å². The van der Waals surface area contributed by atoms with Gasteiger partial charge < -0.3 is 16.5 Å². The van der Waals surface area contributed by atoms with Crippen molar-refractivity contribution in [2.75, 3.05) is 0 Å². The Morgan fingerprint density at radius 2 is 0.633 bits per heavy atom. The molecule has 1 radical (unpaired) electrons. The maximum atomic E-state index is 11.4. The van der Waals surface area contributed by atoms with Crippen molar-refractivity contribution in [1.82, 2.24) is 19.9 Å². The van der Waals surface area contributed by atoms with Gasteiger partial charge in [0.15, 0.2) is 20.0 Å². The van der Waals surface area contributed by atoms with Crippen LogP contribution in [0.15, 0.2) is 72.8 Å². The minimum atomic E-state index is -6.72. The molecule has 0 N–H and O–H groups in total. The smallest absolute Gasteiger partial charge is 1.00 e. The van der Waals surface area contributed by atoms with Gasteiger partial charge in [0.05, 0.1) is 22.1 Å². The molecule has 0 aliphatic heterocycles. The zero-order valence-electron chi connectivity index (χ0n) is 25.6. The number of alkyl halides is 6. The third-order valence-corrected chi connectivity index (χ3v) is 9.12. The first-order chi connectivity index (χ1) is 21.7. The zero-order chi connectivity index (χ0) is 34.9. The largest absolute Gasteiger partial charge is 2.00 e. The minimum Gasteiger partial charge on any atom is -1.00 e. The van der Waals surface area contributed by atoms with Crippen LogP contribution in [0.5, 0.6) is 0 Å². The molecule has 0 fully saturated rings. The van der Waals surface area contributed by atoms with E-state index < -0.39 is 31.1 Å². The van der Waals surface area contributed by atoms with E-state index in [1.807, 2.05) is 52.0 Å². The summed E-state index contributed by atoms with van der Waals surface area (Å²) in [6.45, 7) is 8.03. The number of benzene rings is 2. The second-order valence-electron chi connectivity index (χ2n) is 10.1. The molecule has 2 aromatic carbocycles. The fraction of sp³-hybridized carbons (Fsp3) is 0.200. The molecule has 0 amide bonds. The Balaban J connectivity index is 0.000000250. The minimum absolute atomic E-state index is 0. The molecule has 0 atom stereocenters. The Morgan fingerprint density at radius 3 is 0.816 bits per heavy atom. The average molecular weight is 796 g/mol. The van der Waals surface area contributed by atoms with E-state index in [1.165, 1.54) is 0 Å². The van der Waals surface area contributed by atoms with Crippen LogP contribution in [0.3, 0.4) is 0 Å². The van der Waals surface area contributed by atoms with Crippen LogP contribution in [0.1, 0.15) is 22.8 Å². The Hall–Kier alpha value is -3.67. The van der Waals surface area contributed by atoms with Crippen LogP contribution in [0.2, 0.25) is 0 Å². The monoisotopic (exact) mass is 794 g/mol. The molecule has 0 saturated carbocycles. The molecule has 0 aliphatic carbocycles. The topological polar surface area (TPSA) is 134 Å². The van der Waals surface area contributed by atoms with E-state index in [9.17, 15) is 43.2 Å². The van der Waals surface area contributed by atoms with Gasteiger partial charge in [-0.3, -0.25) is 19.9 Å². The van der Waals surface area contributed by atoms with Crippen molar-refractivity contribution in [2.45, 2.75) is 38.7 Å². The molecule has 4 heterocycles. The fourth-order valence-corrected chi connectivity index (χ4v) is 5.85. The summed E-state index contributed by atoms with van der Waals surface area (Å²) in [4.78, 5) is 18.3. The van der Waals surface area contributed by atoms with Crippen LogP contribution >= 0.6 is 0 Å². The van der Waals surface area contributed by atoms with Crippen LogP contribution in [0.25, 0.3) is 47.7 Å². The Bertz CT molecular complexity index is 2080. The Morgan fingerprint density at radius 1 is 0.449 bits per heavy atom. The number of aromatic nitrogens is 4. The maximum absolute atomic E-state index is 11.4. The standard InChI is InChI=1S/2C14H12N2.C2F6NO4S2.ClH.Cu/c2*1-9-3-5-11-7-8-12-6-4-10(2)16-14(12)13(11)15-9;3-1(4,5)14(10,11)9-15(12,13)2(6,7)8;;/h2*3-8H,1-2H3;;1H;/q;;-1;;+2/p-1.